The maximum atomic E-state index is 10.7. The average molecular weight is 159 g/mol. The van der Waals surface area contributed by atoms with Crippen molar-refractivity contribution in [2.24, 2.45) is 0 Å². The SMILES string of the molecule is O=[C]OCOC(=O)C1(O)CC1. The van der Waals surface area contributed by atoms with E-state index in [1.165, 1.54) is 0 Å². The van der Waals surface area contributed by atoms with E-state index < -0.39 is 18.4 Å². The lowest BCUT2D eigenvalue weighted by Gasteiger charge is -2.05. The van der Waals surface area contributed by atoms with Crippen LogP contribution in [0.2, 0.25) is 0 Å². The van der Waals surface area contributed by atoms with E-state index in [2.05, 4.69) is 9.47 Å². The van der Waals surface area contributed by atoms with Gasteiger partial charge in [-0.3, -0.25) is 0 Å². The summed E-state index contributed by atoms with van der Waals surface area (Å²) in [5.74, 6) is -0.743. The summed E-state index contributed by atoms with van der Waals surface area (Å²) in [7, 11) is 0. The monoisotopic (exact) mass is 159 g/mol. The number of carbonyl (C=O) groups excluding carboxylic acids is 2. The van der Waals surface area contributed by atoms with Gasteiger partial charge in [0.2, 0.25) is 6.79 Å². The molecule has 0 unspecified atom stereocenters. The molecule has 11 heavy (non-hydrogen) atoms. The van der Waals surface area contributed by atoms with Gasteiger partial charge in [0.25, 0.3) is 0 Å². The number of hydrogen-bond acceptors (Lipinski definition) is 5. The van der Waals surface area contributed by atoms with E-state index in [1.807, 2.05) is 0 Å². The van der Waals surface area contributed by atoms with Crippen LogP contribution in [-0.4, -0.2) is 29.9 Å². The molecule has 0 aromatic rings. The molecule has 1 saturated carbocycles. The number of carbonyl (C=O) groups is 1. The molecule has 0 aliphatic heterocycles. The van der Waals surface area contributed by atoms with Crippen LogP contribution in [0.25, 0.3) is 0 Å². The van der Waals surface area contributed by atoms with Crippen LogP contribution < -0.4 is 0 Å². The van der Waals surface area contributed by atoms with E-state index in [1.54, 1.807) is 0 Å². The summed E-state index contributed by atoms with van der Waals surface area (Å²) in [6.07, 6.45) is 0.827. The number of ether oxygens (including phenoxy) is 2. The number of hydrogen-bond donors (Lipinski definition) is 1. The van der Waals surface area contributed by atoms with Crippen molar-refractivity contribution >= 4 is 12.4 Å². The van der Waals surface area contributed by atoms with E-state index in [4.69, 9.17) is 5.11 Å². The molecular weight excluding hydrogens is 152 g/mol. The summed E-state index contributed by atoms with van der Waals surface area (Å²) in [6, 6.07) is 0. The largest absolute Gasteiger partial charge is 0.426 e. The number of esters is 1. The molecule has 0 aromatic carbocycles. The van der Waals surface area contributed by atoms with E-state index in [0.717, 1.165) is 6.47 Å². The lowest BCUT2D eigenvalue weighted by Crippen LogP contribution is -2.25. The molecule has 1 N–H and O–H groups in total. The molecule has 5 nitrogen and oxygen atoms in total. The molecule has 0 bridgehead atoms. The minimum Gasteiger partial charge on any atom is -0.426 e. The van der Waals surface area contributed by atoms with Gasteiger partial charge >= 0.3 is 12.4 Å². The van der Waals surface area contributed by atoms with Crippen LogP contribution in [0.5, 0.6) is 0 Å². The van der Waals surface area contributed by atoms with Gasteiger partial charge in [-0.1, -0.05) is 0 Å². The van der Waals surface area contributed by atoms with Crippen LogP contribution in [0.3, 0.4) is 0 Å². The Morgan fingerprint density at radius 3 is 2.73 bits per heavy atom. The minimum absolute atomic E-state index is 0.413. The minimum atomic E-state index is -1.31. The molecule has 0 aromatic heterocycles. The predicted molar refractivity (Wildman–Crippen MR) is 31.9 cm³/mol. The van der Waals surface area contributed by atoms with Crippen molar-refractivity contribution in [2.45, 2.75) is 18.4 Å². The third-order valence-corrected chi connectivity index (χ3v) is 1.41. The molecule has 1 aliphatic rings. The second-order valence-corrected chi connectivity index (χ2v) is 2.31. The lowest BCUT2D eigenvalue weighted by molar-refractivity contribution is -0.163. The Labute approximate surface area is 62.9 Å². The molecule has 1 radical (unpaired) electrons. The molecule has 0 amide bonds. The summed E-state index contributed by atoms with van der Waals surface area (Å²) in [6.45, 7) is 0.605. The van der Waals surface area contributed by atoms with Crippen molar-refractivity contribution in [3.8, 4) is 0 Å². The zero-order chi connectivity index (χ0) is 8.32. The van der Waals surface area contributed by atoms with E-state index in [0.29, 0.717) is 12.8 Å². The zero-order valence-corrected chi connectivity index (χ0v) is 5.70. The summed E-state index contributed by atoms with van der Waals surface area (Å²) in [4.78, 5) is 20.2. The van der Waals surface area contributed by atoms with Gasteiger partial charge in [-0.05, 0) is 12.8 Å². The highest BCUT2D eigenvalue weighted by molar-refractivity contribution is 5.82. The normalized spacial score (nSPS) is 18.6. The first-order valence-electron chi connectivity index (χ1n) is 3.07. The maximum Gasteiger partial charge on any atom is 0.420 e. The first kappa shape index (κ1) is 8.00. The van der Waals surface area contributed by atoms with Crippen molar-refractivity contribution < 1.29 is 24.2 Å². The molecular formula is C6H7O5. The summed E-state index contributed by atoms with van der Waals surface area (Å²) in [5, 5.41) is 9.07. The van der Waals surface area contributed by atoms with Crippen molar-refractivity contribution in [2.75, 3.05) is 6.79 Å². The lowest BCUT2D eigenvalue weighted by atomic mass is 10.4. The van der Waals surface area contributed by atoms with Crippen LogP contribution in [-0.2, 0) is 19.1 Å². The van der Waals surface area contributed by atoms with Crippen LogP contribution in [0.4, 0.5) is 0 Å². The van der Waals surface area contributed by atoms with Gasteiger partial charge in [0.15, 0.2) is 5.60 Å². The molecule has 5 heteroatoms. The number of rotatable bonds is 4. The van der Waals surface area contributed by atoms with Crippen molar-refractivity contribution in [1.29, 1.82) is 0 Å². The zero-order valence-electron chi connectivity index (χ0n) is 5.70. The molecule has 0 saturated heterocycles. The van der Waals surface area contributed by atoms with Crippen molar-refractivity contribution in [3.05, 3.63) is 0 Å². The smallest absolute Gasteiger partial charge is 0.420 e. The molecule has 0 heterocycles. The maximum absolute atomic E-state index is 10.7. The Kier molecular flexibility index (Phi) is 2.09. The Bertz CT molecular complexity index is 172. The fraction of sp³-hybridized carbons (Fsp3) is 0.667. The highest BCUT2D eigenvalue weighted by Crippen LogP contribution is 2.35. The van der Waals surface area contributed by atoms with Gasteiger partial charge in [-0.25, -0.2) is 9.59 Å². The predicted octanol–water partition coefficient (Wildman–Crippen LogP) is -0.904. The molecule has 1 fully saturated rings. The highest BCUT2D eigenvalue weighted by atomic mass is 16.7. The van der Waals surface area contributed by atoms with E-state index >= 15 is 0 Å². The van der Waals surface area contributed by atoms with Crippen molar-refractivity contribution in [1.82, 2.24) is 0 Å². The van der Waals surface area contributed by atoms with Gasteiger partial charge in [-0.2, -0.15) is 0 Å². The molecule has 1 rings (SSSR count). The van der Waals surface area contributed by atoms with Gasteiger partial charge in [0.1, 0.15) is 0 Å². The Hall–Kier alpha value is -1.10. The highest BCUT2D eigenvalue weighted by Gasteiger charge is 2.49. The summed E-state index contributed by atoms with van der Waals surface area (Å²) < 4.78 is 8.30. The topological polar surface area (TPSA) is 72.8 Å². The van der Waals surface area contributed by atoms with Crippen LogP contribution in [0.15, 0.2) is 0 Å². The molecule has 61 valence electrons. The Balaban J connectivity index is 2.16. The van der Waals surface area contributed by atoms with Gasteiger partial charge in [0.05, 0.1) is 0 Å². The van der Waals surface area contributed by atoms with Gasteiger partial charge in [-0.15, -0.1) is 0 Å². The molecule has 0 spiro atoms. The Morgan fingerprint density at radius 1 is 1.64 bits per heavy atom. The van der Waals surface area contributed by atoms with Crippen LogP contribution >= 0.6 is 0 Å². The summed E-state index contributed by atoms with van der Waals surface area (Å²) >= 11 is 0. The first-order valence-corrected chi connectivity index (χ1v) is 3.07. The molecule has 1 aliphatic carbocycles. The fourth-order valence-electron chi connectivity index (χ4n) is 0.564. The van der Waals surface area contributed by atoms with Crippen molar-refractivity contribution in [3.63, 3.8) is 0 Å². The first-order chi connectivity index (χ1) is 5.19. The molecule has 0 atom stereocenters. The standard InChI is InChI=1S/C6H7O5/c7-3-10-4-11-5(8)6(9)1-2-6/h9H,1-2,4H2. The van der Waals surface area contributed by atoms with Gasteiger partial charge < -0.3 is 14.6 Å². The van der Waals surface area contributed by atoms with E-state index in [-0.39, 0.29) is 0 Å². The fourth-order valence-corrected chi connectivity index (χ4v) is 0.564. The van der Waals surface area contributed by atoms with E-state index in [9.17, 15) is 9.59 Å². The van der Waals surface area contributed by atoms with Gasteiger partial charge in [0, 0.05) is 0 Å². The average Bonchev–Trinajstić information content (AvgIpc) is 2.70. The third kappa shape index (κ3) is 1.91. The third-order valence-electron chi connectivity index (χ3n) is 1.41. The second kappa shape index (κ2) is 2.87. The number of aliphatic hydroxyl groups is 1. The Morgan fingerprint density at radius 2 is 2.27 bits per heavy atom. The quantitative estimate of drug-likeness (QED) is 0.327. The second-order valence-electron chi connectivity index (χ2n) is 2.31. The van der Waals surface area contributed by atoms with Crippen LogP contribution in [0.1, 0.15) is 12.8 Å². The summed E-state index contributed by atoms with van der Waals surface area (Å²) in [5.41, 5.74) is -1.31. The van der Waals surface area contributed by atoms with Crippen LogP contribution in [0, 0.1) is 0 Å².